The molecule has 0 aliphatic carbocycles. The van der Waals surface area contributed by atoms with E-state index in [1.165, 1.54) is 30.2 Å². The Balaban J connectivity index is 1.49. The van der Waals surface area contributed by atoms with Crippen LogP contribution in [0.3, 0.4) is 0 Å². The molecule has 5 nitrogen and oxygen atoms in total. The molecule has 1 amide bonds. The molecule has 3 rings (SSSR count). The minimum absolute atomic E-state index is 0.0673. The van der Waals surface area contributed by atoms with Crippen molar-refractivity contribution in [1.29, 1.82) is 0 Å². The van der Waals surface area contributed by atoms with E-state index in [4.69, 9.17) is 0 Å². The van der Waals surface area contributed by atoms with Gasteiger partial charge in [-0.1, -0.05) is 67.6 Å². The first-order chi connectivity index (χ1) is 12.7. The molecule has 26 heavy (non-hydrogen) atoms. The fraction of sp³-hybridized carbons (Fsp3) is 0.250. The monoisotopic (exact) mass is 366 g/mol. The third-order valence-electron chi connectivity index (χ3n) is 3.90. The van der Waals surface area contributed by atoms with E-state index < -0.39 is 0 Å². The summed E-state index contributed by atoms with van der Waals surface area (Å²) < 4.78 is 0. The number of nitrogens with one attached hydrogen (secondary N) is 2. The van der Waals surface area contributed by atoms with E-state index in [1.807, 2.05) is 42.5 Å². The number of aromatic nitrogens is 3. The molecule has 0 atom stereocenters. The largest absolute Gasteiger partial charge is 0.325 e. The van der Waals surface area contributed by atoms with Crippen LogP contribution in [-0.2, 0) is 11.2 Å². The molecule has 0 spiro atoms. The lowest BCUT2D eigenvalue weighted by Gasteiger charge is -2.05. The van der Waals surface area contributed by atoms with Crippen LogP contribution in [-0.4, -0.2) is 26.8 Å². The molecule has 1 aromatic heterocycles. The Morgan fingerprint density at radius 2 is 1.88 bits per heavy atom. The second kappa shape index (κ2) is 9.20. The highest BCUT2D eigenvalue weighted by Crippen LogP contribution is 2.19. The number of H-pyrrole nitrogens is 1. The van der Waals surface area contributed by atoms with Crippen LogP contribution in [0.25, 0.3) is 11.4 Å². The van der Waals surface area contributed by atoms with E-state index in [9.17, 15) is 4.79 Å². The van der Waals surface area contributed by atoms with Gasteiger partial charge in [-0.2, -0.15) is 0 Å². The van der Waals surface area contributed by atoms with Gasteiger partial charge in [-0.3, -0.25) is 9.89 Å². The lowest BCUT2D eigenvalue weighted by Crippen LogP contribution is -2.14. The molecule has 6 heteroatoms. The van der Waals surface area contributed by atoms with E-state index in [0.717, 1.165) is 17.7 Å². The van der Waals surface area contributed by atoms with Gasteiger partial charge in [0.15, 0.2) is 5.82 Å². The third-order valence-corrected chi connectivity index (χ3v) is 4.75. The van der Waals surface area contributed by atoms with Crippen LogP contribution in [0.5, 0.6) is 0 Å². The fourth-order valence-electron chi connectivity index (χ4n) is 2.50. The van der Waals surface area contributed by atoms with Crippen LogP contribution >= 0.6 is 11.8 Å². The van der Waals surface area contributed by atoms with Gasteiger partial charge >= 0.3 is 0 Å². The summed E-state index contributed by atoms with van der Waals surface area (Å²) in [6.45, 7) is 2.18. The van der Waals surface area contributed by atoms with Crippen LogP contribution in [0, 0.1) is 0 Å². The molecule has 0 bridgehead atoms. The topological polar surface area (TPSA) is 70.7 Å². The predicted molar refractivity (Wildman–Crippen MR) is 106 cm³/mol. The number of aromatic amines is 1. The summed E-state index contributed by atoms with van der Waals surface area (Å²) in [5.41, 5.74) is 3.09. The number of nitrogens with zero attached hydrogens (tertiary/aromatic N) is 2. The number of rotatable bonds is 8. The van der Waals surface area contributed by atoms with Crippen molar-refractivity contribution >= 4 is 23.4 Å². The number of thioether (sulfide) groups is 1. The van der Waals surface area contributed by atoms with Crippen molar-refractivity contribution in [3.05, 3.63) is 60.2 Å². The Morgan fingerprint density at radius 3 is 2.62 bits per heavy atom. The normalized spacial score (nSPS) is 10.7. The molecule has 3 aromatic rings. The maximum Gasteiger partial charge on any atom is 0.234 e. The standard InChI is InChI=1S/C20H22N4OS/c1-2-3-7-15-10-12-17(13-11-15)21-18(25)14-26-20-22-19(23-24-20)16-8-5-4-6-9-16/h4-6,8-13H,2-3,7,14H2,1H3,(H,21,25)(H,22,23,24). The summed E-state index contributed by atoms with van der Waals surface area (Å²) in [6, 6.07) is 17.8. The summed E-state index contributed by atoms with van der Waals surface area (Å²) in [5, 5.41) is 10.5. The molecular formula is C20H22N4OS. The quantitative estimate of drug-likeness (QED) is 0.574. The molecule has 0 unspecified atom stereocenters. The van der Waals surface area contributed by atoms with Crippen molar-refractivity contribution in [2.75, 3.05) is 11.1 Å². The zero-order valence-electron chi connectivity index (χ0n) is 14.7. The summed E-state index contributed by atoms with van der Waals surface area (Å²) in [4.78, 5) is 16.5. The van der Waals surface area contributed by atoms with Gasteiger partial charge in [-0.05, 0) is 30.5 Å². The number of carbonyl (C=O) groups is 1. The third kappa shape index (κ3) is 5.20. The van der Waals surface area contributed by atoms with Crippen molar-refractivity contribution in [3.63, 3.8) is 0 Å². The van der Waals surface area contributed by atoms with Crippen LogP contribution in [0.15, 0.2) is 59.8 Å². The molecule has 134 valence electrons. The Kier molecular flexibility index (Phi) is 6.44. The Bertz CT molecular complexity index is 831. The first-order valence-corrected chi connectivity index (χ1v) is 9.72. The molecule has 0 aliphatic heterocycles. The Labute approximate surface area is 157 Å². The minimum Gasteiger partial charge on any atom is -0.325 e. The summed E-state index contributed by atoms with van der Waals surface area (Å²) in [5.74, 6) is 0.905. The highest BCUT2D eigenvalue weighted by molar-refractivity contribution is 7.99. The highest BCUT2D eigenvalue weighted by atomic mass is 32.2. The van der Waals surface area contributed by atoms with Gasteiger partial charge in [0.05, 0.1) is 5.75 Å². The number of hydrogen-bond donors (Lipinski definition) is 2. The number of benzene rings is 2. The number of unbranched alkanes of at least 4 members (excludes halogenated alkanes) is 1. The highest BCUT2D eigenvalue weighted by Gasteiger charge is 2.09. The van der Waals surface area contributed by atoms with Gasteiger partial charge in [0.1, 0.15) is 0 Å². The van der Waals surface area contributed by atoms with Crippen molar-refractivity contribution in [2.24, 2.45) is 0 Å². The number of hydrogen-bond acceptors (Lipinski definition) is 4. The number of carbonyl (C=O) groups excluding carboxylic acids is 1. The van der Waals surface area contributed by atoms with Crippen molar-refractivity contribution in [3.8, 4) is 11.4 Å². The molecule has 1 heterocycles. The lowest BCUT2D eigenvalue weighted by molar-refractivity contribution is -0.113. The Morgan fingerprint density at radius 1 is 1.12 bits per heavy atom. The van der Waals surface area contributed by atoms with Gasteiger partial charge in [0.25, 0.3) is 0 Å². The molecule has 0 saturated carbocycles. The molecule has 2 aromatic carbocycles. The maximum atomic E-state index is 12.1. The molecule has 0 radical (unpaired) electrons. The summed E-state index contributed by atoms with van der Waals surface area (Å²) >= 11 is 1.31. The van der Waals surface area contributed by atoms with E-state index in [0.29, 0.717) is 11.0 Å². The lowest BCUT2D eigenvalue weighted by atomic mass is 10.1. The molecular weight excluding hydrogens is 344 g/mol. The van der Waals surface area contributed by atoms with Crippen molar-refractivity contribution < 1.29 is 4.79 Å². The van der Waals surface area contributed by atoms with E-state index in [2.05, 4.69) is 39.6 Å². The second-order valence-corrected chi connectivity index (χ2v) is 6.91. The maximum absolute atomic E-state index is 12.1. The average molecular weight is 366 g/mol. The van der Waals surface area contributed by atoms with Gasteiger partial charge in [0.2, 0.25) is 11.1 Å². The second-order valence-electron chi connectivity index (χ2n) is 5.97. The summed E-state index contributed by atoms with van der Waals surface area (Å²) in [7, 11) is 0. The van der Waals surface area contributed by atoms with E-state index in [-0.39, 0.29) is 11.7 Å². The molecule has 0 aliphatic rings. The number of aryl methyl sites for hydroxylation is 1. The summed E-state index contributed by atoms with van der Waals surface area (Å²) in [6.07, 6.45) is 3.45. The van der Waals surface area contributed by atoms with Crippen LogP contribution in [0.1, 0.15) is 25.3 Å². The molecule has 2 N–H and O–H groups in total. The van der Waals surface area contributed by atoms with E-state index in [1.54, 1.807) is 0 Å². The van der Waals surface area contributed by atoms with Gasteiger partial charge in [-0.15, -0.1) is 5.10 Å². The molecule has 0 fully saturated rings. The predicted octanol–water partition coefficient (Wildman–Crippen LogP) is 4.55. The Hall–Kier alpha value is -2.60. The minimum atomic E-state index is -0.0673. The number of anilines is 1. The van der Waals surface area contributed by atoms with Gasteiger partial charge < -0.3 is 5.32 Å². The number of amides is 1. The zero-order chi connectivity index (χ0) is 18.2. The fourth-order valence-corrected chi connectivity index (χ4v) is 3.10. The van der Waals surface area contributed by atoms with Crippen LogP contribution in [0.4, 0.5) is 5.69 Å². The SMILES string of the molecule is CCCCc1ccc(NC(=O)CSc2n[nH]c(-c3ccccc3)n2)cc1. The van der Waals surface area contributed by atoms with Crippen LogP contribution < -0.4 is 5.32 Å². The first kappa shape index (κ1) is 18.2. The van der Waals surface area contributed by atoms with E-state index >= 15 is 0 Å². The zero-order valence-corrected chi connectivity index (χ0v) is 15.6. The van der Waals surface area contributed by atoms with Gasteiger partial charge in [-0.25, -0.2) is 4.98 Å². The van der Waals surface area contributed by atoms with Crippen molar-refractivity contribution in [2.45, 2.75) is 31.3 Å². The van der Waals surface area contributed by atoms with Crippen molar-refractivity contribution in [1.82, 2.24) is 15.2 Å². The average Bonchev–Trinajstić information content (AvgIpc) is 3.16. The molecule has 0 saturated heterocycles. The first-order valence-electron chi connectivity index (χ1n) is 8.74. The van der Waals surface area contributed by atoms with Crippen LogP contribution in [0.2, 0.25) is 0 Å². The van der Waals surface area contributed by atoms with Gasteiger partial charge in [0, 0.05) is 11.3 Å². The smallest absolute Gasteiger partial charge is 0.234 e.